The number of rotatable bonds is 5. The van der Waals surface area contributed by atoms with Gasteiger partial charge in [-0.05, 0) is 42.5 Å². The third kappa shape index (κ3) is 3.15. The second kappa shape index (κ2) is 5.77. The Bertz CT molecular complexity index is 397. The molecule has 0 spiro atoms. The molecule has 0 saturated heterocycles. The van der Waals surface area contributed by atoms with Crippen molar-refractivity contribution in [2.24, 2.45) is 0 Å². The molecule has 2 heterocycles. The lowest BCUT2D eigenvalue weighted by Crippen LogP contribution is -2.21. The highest BCUT2D eigenvalue weighted by Crippen LogP contribution is 2.12. The first-order valence-corrected chi connectivity index (χ1v) is 6.40. The van der Waals surface area contributed by atoms with Crippen LogP contribution in [0.5, 0.6) is 0 Å². The number of nitrogens with zero attached hydrogens (tertiary/aromatic N) is 1. The van der Waals surface area contributed by atoms with Gasteiger partial charge in [0.1, 0.15) is 0 Å². The van der Waals surface area contributed by atoms with Crippen molar-refractivity contribution in [3.63, 3.8) is 0 Å². The lowest BCUT2D eigenvalue weighted by atomic mass is 10.1. The molecule has 0 aliphatic heterocycles. The number of hydrogen-bond donors (Lipinski definition) is 1. The minimum Gasteiger partial charge on any atom is -0.310 e. The fraction of sp³-hybridized carbons (Fsp3) is 0.308. The second-order valence-electron chi connectivity index (χ2n) is 3.79. The van der Waals surface area contributed by atoms with Crippen LogP contribution in [-0.4, -0.2) is 11.5 Å². The molecule has 0 unspecified atom stereocenters. The highest BCUT2D eigenvalue weighted by molar-refractivity contribution is 7.09. The molecule has 0 aromatic carbocycles. The minimum atomic E-state index is 0.392. The molecule has 0 fully saturated rings. The summed E-state index contributed by atoms with van der Waals surface area (Å²) in [5, 5.41) is 5.64. The van der Waals surface area contributed by atoms with E-state index >= 15 is 0 Å². The van der Waals surface area contributed by atoms with Crippen molar-refractivity contribution >= 4 is 11.3 Å². The lowest BCUT2D eigenvalue weighted by molar-refractivity contribution is 0.578. The van der Waals surface area contributed by atoms with Crippen LogP contribution in [0.3, 0.4) is 0 Å². The van der Waals surface area contributed by atoms with E-state index in [0.717, 1.165) is 13.0 Å². The van der Waals surface area contributed by atoms with E-state index in [-0.39, 0.29) is 0 Å². The Balaban J connectivity index is 1.78. The van der Waals surface area contributed by atoms with Crippen LogP contribution < -0.4 is 5.32 Å². The quantitative estimate of drug-likeness (QED) is 0.857. The Kier molecular flexibility index (Phi) is 4.08. The van der Waals surface area contributed by atoms with Crippen molar-refractivity contribution in [2.45, 2.75) is 19.4 Å². The van der Waals surface area contributed by atoms with Crippen LogP contribution in [0.15, 0.2) is 42.0 Å². The van der Waals surface area contributed by atoms with Gasteiger partial charge in [-0.2, -0.15) is 0 Å². The fourth-order valence-corrected chi connectivity index (χ4v) is 2.35. The van der Waals surface area contributed by atoms with E-state index in [2.05, 4.69) is 46.9 Å². The predicted octanol–water partition coefficient (Wildman–Crippen LogP) is 3.04. The van der Waals surface area contributed by atoms with E-state index in [1.54, 1.807) is 0 Å². The minimum absolute atomic E-state index is 0.392. The molecule has 1 atom stereocenters. The zero-order valence-corrected chi connectivity index (χ0v) is 10.2. The van der Waals surface area contributed by atoms with Gasteiger partial charge in [-0.1, -0.05) is 6.07 Å². The Morgan fingerprint density at radius 3 is 2.81 bits per heavy atom. The van der Waals surface area contributed by atoms with Gasteiger partial charge in [0.05, 0.1) is 0 Å². The summed E-state index contributed by atoms with van der Waals surface area (Å²) >= 11 is 1.82. The summed E-state index contributed by atoms with van der Waals surface area (Å²) in [4.78, 5) is 5.46. The molecule has 0 saturated carbocycles. The number of aromatic nitrogens is 1. The zero-order valence-electron chi connectivity index (χ0n) is 9.39. The largest absolute Gasteiger partial charge is 0.310 e. The first kappa shape index (κ1) is 11.3. The monoisotopic (exact) mass is 232 g/mol. The SMILES string of the molecule is C[C@@H](NCCc1cccs1)c1ccncc1. The molecule has 0 aliphatic rings. The summed E-state index contributed by atoms with van der Waals surface area (Å²) in [6.45, 7) is 3.20. The van der Waals surface area contributed by atoms with Crippen LogP contribution in [-0.2, 0) is 6.42 Å². The maximum Gasteiger partial charge on any atom is 0.0293 e. The van der Waals surface area contributed by atoms with E-state index in [0.29, 0.717) is 6.04 Å². The molecule has 84 valence electrons. The maximum atomic E-state index is 4.02. The zero-order chi connectivity index (χ0) is 11.2. The van der Waals surface area contributed by atoms with E-state index in [9.17, 15) is 0 Å². The van der Waals surface area contributed by atoms with E-state index in [4.69, 9.17) is 0 Å². The van der Waals surface area contributed by atoms with Crippen molar-refractivity contribution in [2.75, 3.05) is 6.54 Å². The Hall–Kier alpha value is -1.19. The molecule has 16 heavy (non-hydrogen) atoms. The topological polar surface area (TPSA) is 24.9 Å². The van der Waals surface area contributed by atoms with Crippen molar-refractivity contribution in [3.05, 3.63) is 52.5 Å². The molecule has 1 N–H and O–H groups in total. The summed E-state index contributed by atoms with van der Waals surface area (Å²) in [6.07, 6.45) is 4.78. The van der Waals surface area contributed by atoms with Gasteiger partial charge >= 0.3 is 0 Å². The molecular weight excluding hydrogens is 216 g/mol. The third-order valence-electron chi connectivity index (χ3n) is 2.61. The van der Waals surface area contributed by atoms with E-state index in [1.165, 1.54) is 10.4 Å². The van der Waals surface area contributed by atoms with E-state index in [1.807, 2.05) is 23.7 Å². The molecule has 0 aliphatic carbocycles. The first-order chi connectivity index (χ1) is 7.86. The number of nitrogens with one attached hydrogen (secondary N) is 1. The van der Waals surface area contributed by atoms with E-state index < -0.39 is 0 Å². The van der Waals surface area contributed by atoms with Crippen LogP contribution in [0, 0.1) is 0 Å². The summed E-state index contributed by atoms with van der Waals surface area (Å²) in [7, 11) is 0. The van der Waals surface area contributed by atoms with Gasteiger partial charge in [-0.25, -0.2) is 0 Å². The van der Waals surface area contributed by atoms with Gasteiger partial charge < -0.3 is 5.32 Å². The Morgan fingerprint density at radius 1 is 1.31 bits per heavy atom. The van der Waals surface area contributed by atoms with Crippen molar-refractivity contribution in [1.82, 2.24) is 10.3 Å². The molecule has 2 nitrogen and oxygen atoms in total. The van der Waals surface area contributed by atoms with Gasteiger partial charge in [0.25, 0.3) is 0 Å². The van der Waals surface area contributed by atoms with Crippen molar-refractivity contribution < 1.29 is 0 Å². The molecule has 3 heteroatoms. The summed E-state index contributed by atoms with van der Waals surface area (Å²) in [6, 6.07) is 8.80. The van der Waals surface area contributed by atoms with Gasteiger partial charge in [-0.15, -0.1) is 11.3 Å². The van der Waals surface area contributed by atoms with Crippen LogP contribution in [0.25, 0.3) is 0 Å². The predicted molar refractivity (Wildman–Crippen MR) is 68.7 cm³/mol. The summed E-state index contributed by atoms with van der Waals surface area (Å²) in [5.74, 6) is 0. The number of pyridine rings is 1. The summed E-state index contributed by atoms with van der Waals surface area (Å²) < 4.78 is 0. The number of thiophene rings is 1. The average Bonchev–Trinajstić information content (AvgIpc) is 2.83. The second-order valence-corrected chi connectivity index (χ2v) is 4.82. The van der Waals surface area contributed by atoms with Gasteiger partial charge in [-0.3, -0.25) is 4.98 Å². The first-order valence-electron chi connectivity index (χ1n) is 5.52. The Morgan fingerprint density at radius 2 is 2.12 bits per heavy atom. The van der Waals surface area contributed by atoms with Crippen LogP contribution in [0.1, 0.15) is 23.4 Å². The Labute approximate surface area is 100 Å². The molecule has 2 aromatic heterocycles. The fourth-order valence-electron chi connectivity index (χ4n) is 1.64. The summed E-state index contributed by atoms with van der Waals surface area (Å²) in [5.41, 5.74) is 1.29. The maximum absolute atomic E-state index is 4.02. The highest BCUT2D eigenvalue weighted by atomic mass is 32.1. The smallest absolute Gasteiger partial charge is 0.0293 e. The van der Waals surface area contributed by atoms with Crippen LogP contribution in [0.4, 0.5) is 0 Å². The molecule has 0 radical (unpaired) electrons. The molecule has 0 bridgehead atoms. The molecular formula is C13H16N2S. The number of hydrogen-bond acceptors (Lipinski definition) is 3. The van der Waals surface area contributed by atoms with Crippen LogP contribution >= 0.6 is 11.3 Å². The average molecular weight is 232 g/mol. The molecule has 0 amide bonds. The van der Waals surface area contributed by atoms with Gasteiger partial charge in [0, 0.05) is 29.9 Å². The highest BCUT2D eigenvalue weighted by Gasteiger charge is 2.03. The molecule has 2 aromatic rings. The van der Waals surface area contributed by atoms with Gasteiger partial charge in [0.2, 0.25) is 0 Å². The third-order valence-corrected chi connectivity index (χ3v) is 3.54. The standard InChI is InChI=1S/C13H16N2S/c1-11(12-4-7-14-8-5-12)15-9-6-13-3-2-10-16-13/h2-5,7-8,10-11,15H,6,9H2,1H3/t11-/m1/s1. The van der Waals surface area contributed by atoms with Crippen molar-refractivity contribution in [3.8, 4) is 0 Å². The lowest BCUT2D eigenvalue weighted by Gasteiger charge is -2.13. The van der Waals surface area contributed by atoms with Crippen LogP contribution in [0.2, 0.25) is 0 Å². The van der Waals surface area contributed by atoms with Crippen molar-refractivity contribution in [1.29, 1.82) is 0 Å². The van der Waals surface area contributed by atoms with Gasteiger partial charge in [0.15, 0.2) is 0 Å². The normalized spacial score (nSPS) is 12.6. The molecule has 2 rings (SSSR count).